The van der Waals surface area contributed by atoms with E-state index in [0.29, 0.717) is 57.7 Å². The van der Waals surface area contributed by atoms with Crippen LogP contribution >= 0.6 is 11.6 Å². The van der Waals surface area contributed by atoms with E-state index in [4.69, 9.17) is 50.8 Å². The SMILES string of the molecule is CCN(C(C)C)C(C)C.CN(N)c1c2ccccc2nc2ccccc12.COc1cc(C(=O)Cl)cc(OC)c1OC.COc1cc(C(=O)NN(C)c2c3ccccc3nc3ccccc23)cc(OC)c1OC. The number of anilines is 2. The van der Waals surface area contributed by atoms with Crippen LogP contribution in [-0.2, 0) is 0 Å². The summed E-state index contributed by atoms with van der Waals surface area (Å²) in [4.78, 5) is 35.9. The second kappa shape index (κ2) is 26.0. The molecule has 0 saturated heterocycles. The number of aromatic nitrogens is 2. The number of hydrazine groups is 2. The lowest BCUT2D eigenvalue weighted by atomic mass is 10.1. The van der Waals surface area contributed by atoms with Gasteiger partial charge in [0.15, 0.2) is 23.0 Å². The Balaban J connectivity index is 0.000000198. The van der Waals surface area contributed by atoms with Crippen LogP contribution in [-0.4, -0.2) is 101 Å². The van der Waals surface area contributed by atoms with Crippen LogP contribution in [0.25, 0.3) is 43.6 Å². The van der Waals surface area contributed by atoms with E-state index in [1.54, 1.807) is 22.2 Å². The van der Waals surface area contributed by atoms with Crippen LogP contribution in [0.2, 0.25) is 0 Å². The topological polar surface area (TPSA) is 163 Å². The Kier molecular flexibility index (Phi) is 20.0. The third-order valence-corrected chi connectivity index (χ3v) is 11.8. The van der Waals surface area contributed by atoms with Gasteiger partial charge in [0.05, 0.1) is 76.1 Å². The van der Waals surface area contributed by atoms with Crippen molar-refractivity contribution in [3.63, 3.8) is 0 Å². The Morgan fingerprint density at radius 2 is 0.861 bits per heavy atom. The van der Waals surface area contributed by atoms with Crippen molar-refractivity contribution in [3.8, 4) is 34.5 Å². The molecule has 0 aliphatic heterocycles. The molecule has 2 heterocycles. The van der Waals surface area contributed by atoms with Gasteiger partial charge < -0.3 is 33.4 Å². The fraction of sp³-hybridized carbons (Fsp3) is 0.286. The number of pyridine rings is 2. The molecular weight excluding hydrogens is 934 g/mol. The molecule has 8 aromatic rings. The molecule has 0 saturated carbocycles. The molecular formula is C56H66ClN7O8. The molecule has 15 nitrogen and oxygen atoms in total. The zero-order chi connectivity index (χ0) is 52.6. The fourth-order valence-corrected chi connectivity index (χ4v) is 8.49. The molecule has 0 aliphatic carbocycles. The van der Waals surface area contributed by atoms with Gasteiger partial charge in [-0.15, -0.1) is 0 Å². The van der Waals surface area contributed by atoms with Crippen molar-refractivity contribution in [2.45, 2.75) is 46.7 Å². The zero-order valence-corrected chi connectivity index (χ0v) is 44.1. The normalized spacial score (nSPS) is 10.7. The highest BCUT2D eigenvalue weighted by Crippen LogP contribution is 2.40. The van der Waals surface area contributed by atoms with E-state index >= 15 is 0 Å². The number of benzene rings is 6. The third kappa shape index (κ3) is 13.0. The van der Waals surface area contributed by atoms with E-state index in [-0.39, 0.29) is 5.91 Å². The van der Waals surface area contributed by atoms with Crippen LogP contribution in [0.1, 0.15) is 55.3 Å². The number of carbonyl (C=O) groups excluding carboxylic acids is 2. The molecule has 0 aliphatic rings. The van der Waals surface area contributed by atoms with Crippen molar-refractivity contribution in [1.29, 1.82) is 0 Å². The zero-order valence-electron chi connectivity index (χ0n) is 43.4. The summed E-state index contributed by atoms with van der Waals surface area (Å²) in [6.45, 7) is 12.3. The molecule has 0 spiro atoms. The predicted octanol–water partition coefficient (Wildman–Crippen LogP) is 11.1. The van der Waals surface area contributed by atoms with Crippen LogP contribution in [0.4, 0.5) is 11.4 Å². The molecule has 2 aromatic heterocycles. The molecule has 3 N–H and O–H groups in total. The van der Waals surface area contributed by atoms with Crippen LogP contribution in [0.5, 0.6) is 34.5 Å². The largest absolute Gasteiger partial charge is 0.493 e. The lowest BCUT2D eigenvalue weighted by Gasteiger charge is -2.28. The molecule has 6 aromatic carbocycles. The summed E-state index contributed by atoms with van der Waals surface area (Å²) in [5.74, 6) is 8.13. The van der Waals surface area contributed by atoms with E-state index < -0.39 is 5.24 Å². The number of carbonyl (C=O) groups is 2. The number of fused-ring (bicyclic) bond motifs is 4. The average molecular weight is 1000 g/mol. The van der Waals surface area contributed by atoms with E-state index in [1.807, 2.05) is 111 Å². The predicted molar refractivity (Wildman–Crippen MR) is 292 cm³/mol. The lowest BCUT2D eigenvalue weighted by Crippen LogP contribution is -2.39. The number of nitrogens with zero attached hydrogens (tertiary/aromatic N) is 5. The molecule has 0 bridgehead atoms. The van der Waals surface area contributed by atoms with Gasteiger partial charge in [-0.1, -0.05) is 79.7 Å². The average Bonchev–Trinajstić information content (AvgIpc) is 3.38. The minimum absolute atomic E-state index is 0.297. The molecule has 0 radical (unpaired) electrons. The highest BCUT2D eigenvalue weighted by atomic mass is 35.5. The summed E-state index contributed by atoms with van der Waals surface area (Å²) in [7, 11) is 12.6. The van der Waals surface area contributed by atoms with Crippen LogP contribution < -0.4 is 49.7 Å². The second-order valence-corrected chi connectivity index (χ2v) is 17.1. The maximum Gasteiger partial charge on any atom is 0.270 e. The van der Waals surface area contributed by atoms with Gasteiger partial charge in [-0.3, -0.25) is 24.9 Å². The fourth-order valence-electron chi connectivity index (χ4n) is 8.38. The lowest BCUT2D eigenvalue weighted by molar-refractivity contribution is 0.0950. The van der Waals surface area contributed by atoms with Gasteiger partial charge >= 0.3 is 0 Å². The van der Waals surface area contributed by atoms with Crippen LogP contribution in [0.15, 0.2) is 121 Å². The number of nitrogens with two attached hydrogens (primary N) is 1. The van der Waals surface area contributed by atoms with Gasteiger partial charge in [-0.25, -0.2) is 15.8 Å². The summed E-state index contributed by atoms with van der Waals surface area (Å²) in [5, 5.41) is 6.84. The van der Waals surface area contributed by atoms with Gasteiger partial charge in [-0.2, -0.15) is 0 Å². The highest BCUT2D eigenvalue weighted by molar-refractivity contribution is 6.67. The van der Waals surface area contributed by atoms with Crippen molar-refractivity contribution in [1.82, 2.24) is 20.3 Å². The number of amides is 1. The van der Waals surface area contributed by atoms with E-state index in [1.165, 1.54) is 54.8 Å². The smallest absolute Gasteiger partial charge is 0.270 e. The number of nitrogens with one attached hydrogen (secondary N) is 1. The van der Waals surface area contributed by atoms with Gasteiger partial charge in [0.25, 0.3) is 11.1 Å². The first-order valence-electron chi connectivity index (χ1n) is 23.2. The molecule has 8 rings (SSSR count). The van der Waals surface area contributed by atoms with Gasteiger partial charge in [-0.05, 0) is 94.4 Å². The number of para-hydroxylation sites is 4. The Bertz CT molecular complexity index is 2950. The first-order valence-corrected chi connectivity index (χ1v) is 23.6. The molecule has 0 fully saturated rings. The number of hydrogen-bond donors (Lipinski definition) is 2. The van der Waals surface area contributed by atoms with E-state index in [2.05, 4.69) is 49.9 Å². The number of ether oxygens (including phenoxy) is 6. The van der Waals surface area contributed by atoms with E-state index in [0.717, 1.165) is 61.5 Å². The maximum atomic E-state index is 13.1. The summed E-state index contributed by atoms with van der Waals surface area (Å²) >= 11 is 5.37. The van der Waals surface area contributed by atoms with Crippen molar-refractivity contribution >= 4 is 77.7 Å². The number of hydrogen-bond acceptors (Lipinski definition) is 14. The molecule has 72 heavy (non-hydrogen) atoms. The minimum Gasteiger partial charge on any atom is -0.493 e. The summed E-state index contributed by atoms with van der Waals surface area (Å²) < 4.78 is 31.3. The monoisotopic (exact) mass is 999 g/mol. The Labute approximate surface area is 427 Å². The second-order valence-electron chi connectivity index (χ2n) is 16.7. The minimum atomic E-state index is -0.575. The summed E-state index contributed by atoms with van der Waals surface area (Å²) in [5.41, 5.74) is 9.16. The molecule has 380 valence electrons. The van der Waals surface area contributed by atoms with Gasteiger partial charge in [0.2, 0.25) is 11.5 Å². The Morgan fingerprint density at radius 1 is 0.542 bits per heavy atom. The Hall–Kier alpha value is -7.59. The van der Waals surface area contributed by atoms with Crippen molar-refractivity contribution in [3.05, 3.63) is 132 Å². The first kappa shape index (κ1) is 55.3. The van der Waals surface area contributed by atoms with Crippen molar-refractivity contribution in [2.75, 3.05) is 73.3 Å². The molecule has 0 atom stereocenters. The summed E-state index contributed by atoms with van der Waals surface area (Å²) in [6.07, 6.45) is 0. The Morgan fingerprint density at radius 3 is 1.12 bits per heavy atom. The number of methoxy groups -OCH3 is 6. The number of halogens is 1. The first-order chi connectivity index (χ1) is 34.6. The third-order valence-electron chi connectivity index (χ3n) is 11.6. The van der Waals surface area contributed by atoms with Gasteiger partial charge in [0, 0.05) is 58.9 Å². The summed E-state index contributed by atoms with van der Waals surface area (Å²) in [6, 6.07) is 39.4. The van der Waals surface area contributed by atoms with E-state index in [9.17, 15) is 9.59 Å². The number of rotatable bonds is 14. The molecule has 16 heteroatoms. The highest BCUT2D eigenvalue weighted by Gasteiger charge is 2.21. The molecule has 1 amide bonds. The standard InChI is InChI=1S/C24H23N3O4.C14H13N3.C10H11ClO4.C8H19N/c1-27(26-24(28)15-13-20(29-2)23(31-4)21(14-15)30-3)22-16-9-5-7-11-18(16)25-19-12-8-6-10-17(19)22;1-17(15)14-10-6-2-4-8-12(10)16-13-9-5-3-7-11(13)14;1-13-7-4-6(10(11)12)5-8(14-2)9(7)15-3;1-6-9(7(2)3)8(4)5/h5-14H,1-4H3,(H,26,28);2-9H,15H2,1H3;4-5H,1-3H3;7-8H,6H2,1-5H3. The van der Waals surface area contributed by atoms with Crippen LogP contribution in [0, 0.1) is 0 Å². The maximum absolute atomic E-state index is 13.1. The van der Waals surface area contributed by atoms with Crippen molar-refractivity contribution in [2.24, 2.45) is 5.84 Å². The van der Waals surface area contributed by atoms with Crippen LogP contribution in [0.3, 0.4) is 0 Å². The quantitative estimate of drug-likeness (QED) is 0.0458. The van der Waals surface area contributed by atoms with Crippen molar-refractivity contribution < 1.29 is 38.0 Å². The van der Waals surface area contributed by atoms with Gasteiger partial charge in [0.1, 0.15) is 0 Å². The molecule has 0 unspecified atom stereocenters.